The number of esters is 1. The summed E-state index contributed by atoms with van der Waals surface area (Å²) in [5.74, 6) is -0.156. The molecule has 2 aliphatic heterocycles. The molecule has 216 valence electrons. The van der Waals surface area contributed by atoms with Gasteiger partial charge in [0.25, 0.3) is 0 Å². The number of hydrogen-bond donors (Lipinski definition) is 1. The molecule has 40 heavy (non-hydrogen) atoms. The molecule has 2 aliphatic rings. The number of imidazole rings is 1. The number of benzene rings is 1. The molecule has 1 aromatic carbocycles. The highest BCUT2D eigenvalue weighted by Gasteiger charge is 2.62. The van der Waals surface area contributed by atoms with E-state index in [4.69, 9.17) is 28.0 Å². The van der Waals surface area contributed by atoms with Crippen LogP contribution >= 0.6 is 7.60 Å². The van der Waals surface area contributed by atoms with E-state index >= 15 is 0 Å². The van der Waals surface area contributed by atoms with Gasteiger partial charge >= 0.3 is 13.6 Å². The van der Waals surface area contributed by atoms with Gasteiger partial charge in [-0.25, -0.2) is 14.5 Å². The lowest BCUT2D eigenvalue weighted by Gasteiger charge is -2.44. The van der Waals surface area contributed by atoms with Crippen LogP contribution in [-0.2, 0) is 28.1 Å². The van der Waals surface area contributed by atoms with Crippen LogP contribution in [0, 0.1) is 12.8 Å². The van der Waals surface area contributed by atoms with Gasteiger partial charge in [0, 0.05) is 6.42 Å². The summed E-state index contributed by atoms with van der Waals surface area (Å²) < 4.78 is 49.9. The third-order valence-electron chi connectivity index (χ3n) is 6.99. The minimum absolute atomic E-state index is 0.193. The number of methoxy groups -OCH3 is 1. The molecule has 1 spiro atoms. The number of aryl methyl sites for hydroxylation is 1. The van der Waals surface area contributed by atoms with E-state index in [9.17, 15) is 14.5 Å². The summed E-state index contributed by atoms with van der Waals surface area (Å²) in [5.41, 5.74) is -0.190. The van der Waals surface area contributed by atoms with Crippen molar-refractivity contribution in [3.8, 4) is 11.6 Å². The first-order valence-corrected chi connectivity index (χ1v) is 14.8. The third-order valence-corrected chi connectivity index (χ3v) is 9.02. The Morgan fingerprint density at radius 3 is 2.70 bits per heavy atom. The molecule has 5 rings (SSSR count). The van der Waals surface area contributed by atoms with Crippen LogP contribution in [-0.4, -0.2) is 81.5 Å². The normalized spacial score (nSPS) is 26.3. The largest absolute Gasteiger partial charge is 0.479 e. The van der Waals surface area contributed by atoms with Crippen molar-refractivity contribution in [1.29, 1.82) is 0 Å². The molecule has 0 bridgehead atoms. The fourth-order valence-electron chi connectivity index (χ4n) is 4.96. The lowest BCUT2D eigenvalue weighted by molar-refractivity contribution is -0.225. The molecule has 0 saturated carbocycles. The Balaban J connectivity index is 1.39. The highest BCUT2D eigenvalue weighted by molar-refractivity contribution is 7.54. The van der Waals surface area contributed by atoms with Crippen molar-refractivity contribution in [3.63, 3.8) is 0 Å². The van der Waals surface area contributed by atoms with Gasteiger partial charge in [-0.3, -0.25) is 13.9 Å². The Kier molecular flexibility index (Phi) is 8.12. The average molecular weight is 577 g/mol. The predicted octanol–water partition coefficient (Wildman–Crippen LogP) is 3.05. The number of carbonyl (C=O) groups is 1. The second-order valence-corrected chi connectivity index (χ2v) is 11.8. The first-order valence-electron chi connectivity index (χ1n) is 13.1. The van der Waals surface area contributed by atoms with Crippen molar-refractivity contribution < 1.29 is 42.5 Å². The highest BCUT2D eigenvalue weighted by Crippen LogP contribution is 2.53. The summed E-state index contributed by atoms with van der Waals surface area (Å²) >= 11 is 0. The molecule has 0 aliphatic carbocycles. The fraction of sp³-hybridized carbons (Fsp3) is 0.538. The van der Waals surface area contributed by atoms with Crippen molar-refractivity contribution in [3.05, 3.63) is 42.5 Å². The van der Waals surface area contributed by atoms with Gasteiger partial charge in [-0.1, -0.05) is 25.1 Å². The lowest BCUT2D eigenvalue weighted by Crippen LogP contribution is -2.56. The van der Waals surface area contributed by atoms with Crippen molar-refractivity contribution in [2.24, 2.45) is 5.92 Å². The zero-order valence-electron chi connectivity index (χ0n) is 22.8. The van der Waals surface area contributed by atoms with Crippen LogP contribution in [0.5, 0.6) is 11.6 Å². The van der Waals surface area contributed by atoms with E-state index in [1.165, 1.54) is 13.4 Å². The summed E-state index contributed by atoms with van der Waals surface area (Å²) in [5, 5.41) is 11.4. The maximum atomic E-state index is 13.9. The number of ether oxygens (including phenoxy) is 4. The second kappa shape index (κ2) is 11.4. The molecule has 2 fully saturated rings. The number of hydrogen-bond acceptors (Lipinski definition) is 12. The van der Waals surface area contributed by atoms with Crippen LogP contribution in [0.25, 0.3) is 11.2 Å². The second-order valence-electron chi connectivity index (χ2n) is 9.78. The summed E-state index contributed by atoms with van der Waals surface area (Å²) in [6, 6.07) is 8.54. The predicted molar refractivity (Wildman–Crippen MR) is 141 cm³/mol. The molecule has 0 radical (unpaired) electrons. The quantitative estimate of drug-likeness (QED) is 0.264. The summed E-state index contributed by atoms with van der Waals surface area (Å²) in [6.07, 6.45) is -1.04. The Hall–Kier alpha value is -3.09. The monoisotopic (exact) mass is 576 g/mol. The maximum absolute atomic E-state index is 13.9. The number of aromatic nitrogens is 4. The summed E-state index contributed by atoms with van der Waals surface area (Å²) in [4.78, 5) is 25.5. The van der Waals surface area contributed by atoms with Crippen LogP contribution in [0.3, 0.4) is 0 Å². The van der Waals surface area contributed by atoms with Gasteiger partial charge in [-0.2, -0.15) is 4.98 Å². The van der Waals surface area contributed by atoms with E-state index in [0.717, 1.165) is 0 Å². The first kappa shape index (κ1) is 28.4. The van der Waals surface area contributed by atoms with E-state index < -0.39 is 43.5 Å². The van der Waals surface area contributed by atoms with Gasteiger partial charge in [-0.15, -0.1) is 0 Å². The molecule has 0 amide bonds. The maximum Gasteiger partial charge on any atom is 0.380 e. The summed E-state index contributed by atoms with van der Waals surface area (Å²) in [7, 11) is -2.41. The molecule has 1 N–H and O–H groups in total. The molecule has 13 nitrogen and oxygen atoms in total. The van der Waals surface area contributed by atoms with Crippen molar-refractivity contribution in [1.82, 2.24) is 19.5 Å². The molecule has 3 aromatic rings. The molecular weight excluding hydrogens is 543 g/mol. The first-order chi connectivity index (χ1) is 19.2. The van der Waals surface area contributed by atoms with Crippen LogP contribution in [0.1, 0.15) is 32.3 Å². The number of rotatable bonds is 11. The zero-order chi connectivity index (χ0) is 28.5. The minimum atomic E-state index is -3.91. The Morgan fingerprint density at radius 1 is 1.30 bits per heavy atom. The van der Waals surface area contributed by atoms with E-state index in [1.807, 2.05) is 0 Å². The van der Waals surface area contributed by atoms with Crippen LogP contribution < -0.4 is 9.26 Å². The standard InChI is InChI=1S/C26H33N4O9P/c1-5-35-24(32)16(2)14-40(33,39-18-9-7-6-8-10-18)37-13-19-21(31)26(11-12-36-26)25(38-19)30-15-27-20-22(30)28-17(3)29-23(20)34-4/h6-10,15-16,19,21,25,31H,5,11-14H2,1-4H3/t16-,19?,21-,25?,26-,40?/m1/s1. The van der Waals surface area contributed by atoms with Gasteiger partial charge in [0.1, 0.15) is 29.4 Å². The van der Waals surface area contributed by atoms with Crippen molar-refractivity contribution in [2.75, 3.05) is 33.1 Å². The lowest BCUT2D eigenvalue weighted by atomic mass is 9.86. The number of para-hydroxylation sites is 1. The molecule has 3 unspecified atom stereocenters. The Morgan fingerprint density at radius 2 is 2.05 bits per heavy atom. The van der Waals surface area contributed by atoms with E-state index in [1.54, 1.807) is 55.7 Å². The van der Waals surface area contributed by atoms with Crippen LogP contribution in [0.15, 0.2) is 36.7 Å². The zero-order valence-corrected chi connectivity index (χ0v) is 23.7. The van der Waals surface area contributed by atoms with Gasteiger partial charge < -0.3 is 28.6 Å². The highest BCUT2D eigenvalue weighted by atomic mass is 31.2. The molecular formula is C26H33N4O9P. The van der Waals surface area contributed by atoms with Gasteiger partial charge in [0.2, 0.25) is 5.88 Å². The van der Waals surface area contributed by atoms with Crippen LogP contribution in [0.2, 0.25) is 0 Å². The van der Waals surface area contributed by atoms with Gasteiger partial charge in [-0.05, 0) is 26.0 Å². The average Bonchev–Trinajstić information content (AvgIpc) is 3.45. The van der Waals surface area contributed by atoms with E-state index in [-0.39, 0.29) is 19.4 Å². The number of nitrogens with zero attached hydrogens (tertiary/aromatic N) is 4. The van der Waals surface area contributed by atoms with Gasteiger partial charge in [0.05, 0.1) is 45.3 Å². The molecule has 2 aromatic heterocycles. The number of fused-ring (bicyclic) bond motifs is 1. The minimum Gasteiger partial charge on any atom is -0.479 e. The Bertz CT molecular complexity index is 1400. The van der Waals surface area contributed by atoms with E-state index in [0.29, 0.717) is 41.6 Å². The SMILES string of the molecule is CCOC(=O)[C@H](C)CP(=O)(OCC1OC(n2cnc3c(OC)nc(C)nc32)[C@@]2(CCO2)[C@@H]1O)Oc1ccccc1. The molecule has 4 heterocycles. The Labute approximate surface area is 231 Å². The number of aliphatic hydroxyl groups excluding tert-OH is 1. The van der Waals surface area contributed by atoms with Crippen LogP contribution in [0.4, 0.5) is 0 Å². The van der Waals surface area contributed by atoms with Crippen molar-refractivity contribution in [2.45, 2.75) is 51.2 Å². The smallest absolute Gasteiger partial charge is 0.380 e. The van der Waals surface area contributed by atoms with Gasteiger partial charge in [0.15, 0.2) is 17.4 Å². The topological polar surface area (TPSA) is 153 Å². The van der Waals surface area contributed by atoms with E-state index in [2.05, 4.69) is 15.0 Å². The summed E-state index contributed by atoms with van der Waals surface area (Å²) in [6.45, 7) is 5.37. The van der Waals surface area contributed by atoms with Crippen molar-refractivity contribution >= 4 is 24.7 Å². The molecule has 2 saturated heterocycles. The fourth-order valence-corrected chi connectivity index (χ4v) is 6.83. The number of aliphatic hydroxyl groups is 1. The number of carbonyl (C=O) groups excluding carboxylic acids is 1. The molecule has 14 heteroatoms. The molecule has 6 atom stereocenters. The third kappa shape index (κ3) is 5.31.